The minimum atomic E-state index is -0.981. The Morgan fingerprint density at radius 2 is 1.31 bits per heavy atom. The number of carboxylic acid groups (broad SMARTS) is 1. The molecule has 0 aliphatic carbocycles. The number of benzene rings is 1. The summed E-state index contributed by atoms with van der Waals surface area (Å²) in [6, 6.07) is 9.63. The van der Waals surface area contributed by atoms with E-state index in [-0.39, 0.29) is 18.2 Å². The van der Waals surface area contributed by atoms with Gasteiger partial charge in [-0.1, -0.05) is 36.9 Å². The predicted octanol–water partition coefficient (Wildman–Crippen LogP) is 3.97. The Morgan fingerprint density at radius 1 is 0.875 bits per heavy atom. The third-order valence-corrected chi connectivity index (χ3v) is 2.73. The molecule has 8 nitrogen and oxygen atoms in total. The van der Waals surface area contributed by atoms with Crippen molar-refractivity contribution in [3.63, 3.8) is 0 Å². The zero-order valence-corrected chi connectivity index (χ0v) is 19.1. The molecule has 1 N–H and O–H groups in total. The van der Waals surface area contributed by atoms with Crippen LogP contribution >= 0.6 is 0 Å². The third-order valence-electron chi connectivity index (χ3n) is 2.73. The van der Waals surface area contributed by atoms with Gasteiger partial charge in [-0.3, -0.25) is 0 Å². The van der Waals surface area contributed by atoms with Gasteiger partial charge in [-0.15, -0.1) is 0 Å². The summed E-state index contributed by atoms with van der Waals surface area (Å²) in [6.07, 6.45) is 5.74. The highest BCUT2D eigenvalue weighted by molar-refractivity contribution is 5.91. The van der Waals surface area contributed by atoms with Crippen molar-refractivity contribution in [2.45, 2.75) is 46.8 Å². The second kappa shape index (κ2) is 19.3. The fourth-order valence-corrected chi connectivity index (χ4v) is 1.60. The Morgan fingerprint density at radius 3 is 1.66 bits per heavy atom. The first-order valence-electron chi connectivity index (χ1n) is 9.86. The minimum Gasteiger partial charge on any atom is -0.478 e. The lowest BCUT2D eigenvalue weighted by atomic mass is 10.2. The molecule has 0 aliphatic rings. The number of rotatable bonds is 8. The van der Waals surface area contributed by atoms with E-state index in [1.54, 1.807) is 40.7 Å². The summed E-state index contributed by atoms with van der Waals surface area (Å²) in [7, 11) is 0. The number of carboxylic acids is 1. The maximum Gasteiger partial charge on any atom is 0.331 e. The van der Waals surface area contributed by atoms with Crippen molar-refractivity contribution < 1.29 is 38.5 Å². The molecule has 1 rings (SSSR count). The van der Waals surface area contributed by atoms with Crippen LogP contribution in [0.4, 0.5) is 0 Å². The van der Waals surface area contributed by atoms with Crippen LogP contribution in [0, 0.1) is 0 Å². The fraction of sp³-hybridized carbons (Fsp3) is 0.333. The normalized spacial score (nSPS) is 9.97. The number of hydrogen-bond acceptors (Lipinski definition) is 7. The van der Waals surface area contributed by atoms with Gasteiger partial charge in [0, 0.05) is 24.3 Å². The monoisotopic (exact) mass is 448 g/mol. The van der Waals surface area contributed by atoms with Gasteiger partial charge in [0.05, 0.1) is 18.8 Å². The van der Waals surface area contributed by atoms with Gasteiger partial charge in [0.15, 0.2) is 0 Å². The smallest absolute Gasteiger partial charge is 0.331 e. The van der Waals surface area contributed by atoms with Crippen molar-refractivity contribution >= 4 is 30.0 Å². The van der Waals surface area contributed by atoms with E-state index in [2.05, 4.69) is 6.58 Å². The van der Waals surface area contributed by atoms with Gasteiger partial charge in [-0.25, -0.2) is 19.2 Å². The highest BCUT2D eigenvalue weighted by Gasteiger charge is 2.03. The van der Waals surface area contributed by atoms with E-state index in [1.165, 1.54) is 6.08 Å². The summed E-state index contributed by atoms with van der Waals surface area (Å²) in [5.74, 6) is -2.36. The molecule has 0 saturated carbocycles. The molecule has 0 aliphatic heterocycles. The van der Waals surface area contributed by atoms with Crippen LogP contribution in [-0.2, 0) is 33.4 Å². The number of aliphatic carboxylic acids is 1. The minimum absolute atomic E-state index is 0.187. The Kier molecular flexibility index (Phi) is 18.4. The van der Waals surface area contributed by atoms with Gasteiger partial charge >= 0.3 is 23.9 Å². The number of carbonyl (C=O) groups is 4. The van der Waals surface area contributed by atoms with Crippen molar-refractivity contribution in [1.29, 1.82) is 0 Å². The molecule has 32 heavy (non-hydrogen) atoms. The number of ether oxygens (including phenoxy) is 3. The van der Waals surface area contributed by atoms with Crippen LogP contribution in [0.1, 0.15) is 40.2 Å². The van der Waals surface area contributed by atoms with Gasteiger partial charge in [0.25, 0.3) is 0 Å². The molecule has 176 valence electrons. The van der Waals surface area contributed by atoms with Gasteiger partial charge in [-0.05, 0) is 46.3 Å². The molecule has 0 amide bonds. The van der Waals surface area contributed by atoms with E-state index in [9.17, 15) is 19.2 Å². The van der Waals surface area contributed by atoms with E-state index >= 15 is 0 Å². The molecule has 0 unspecified atom stereocenters. The van der Waals surface area contributed by atoms with Gasteiger partial charge in [0.1, 0.15) is 0 Å². The first-order valence-corrected chi connectivity index (χ1v) is 9.86. The summed E-state index contributed by atoms with van der Waals surface area (Å²) < 4.78 is 14.3. The zero-order valence-electron chi connectivity index (χ0n) is 19.1. The maximum atomic E-state index is 10.9. The Labute approximate surface area is 189 Å². The highest BCUT2D eigenvalue weighted by atomic mass is 16.5. The standard InChI is InChI=1S/C11H12O2.C10H16O4.C3H4O2/c1-2-13-11(12)9-8-10-6-4-3-5-7-10;1-7(2)13-9(11)5-6-10(12)14-8(3)4;1-2-3(4)5/h3-9H,2H2,1H3;5-8H,1-4H3;2H,1H2,(H,4,5)/b;6-5+;. The van der Waals surface area contributed by atoms with E-state index in [0.717, 1.165) is 23.8 Å². The van der Waals surface area contributed by atoms with Crippen molar-refractivity contribution in [2.75, 3.05) is 6.61 Å². The van der Waals surface area contributed by atoms with Crippen LogP contribution in [-0.4, -0.2) is 47.8 Å². The van der Waals surface area contributed by atoms with Crippen LogP contribution in [0.3, 0.4) is 0 Å². The molecule has 1 aromatic rings. The van der Waals surface area contributed by atoms with E-state index in [4.69, 9.17) is 19.3 Å². The van der Waals surface area contributed by atoms with E-state index < -0.39 is 17.9 Å². The largest absolute Gasteiger partial charge is 0.478 e. The number of esters is 3. The Balaban J connectivity index is 0. The van der Waals surface area contributed by atoms with Crippen molar-refractivity contribution in [3.05, 3.63) is 66.8 Å². The average molecular weight is 449 g/mol. The molecule has 0 spiro atoms. The summed E-state index contributed by atoms with van der Waals surface area (Å²) in [5.41, 5.74) is 0.996. The lowest BCUT2D eigenvalue weighted by molar-refractivity contribution is -0.144. The van der Waals surface area contributed by atoms with Crippen LogP contribution in [0.25, 0.3) is 6.08 Å². The third kappa shape index (κ3) is 22.6. The summed E-state index contributed by atoms with van der Waals surface area (Å²) >= 11 is 0. The molecule has 0 atom stereocenters. The molecule has 0 fully saturated rings. The SMILES string of the molecule is C=CC(=O)O.CC(C)OC(=O)/C=C/C(=O)OC(C)C.CCOC(=O)C=Cc1ccccc1. The molecule has 0 bridgehead atoms. The Hall–Kier alpha value is -3.68. The van der Waals surface area contributed by atoms with Gasteiger partial charge < -0.3 is 19.3 Å². The molecule has 8 heteroatoms. The first kappa shape index (κ1) is 30.5. The molecule has 0 saturated heterocycles. The quantitative estimate of drug-likeness (QED) is 0.361. The van der Waals surface area contributed by atoms with Crippen molar-refractivity contribution in [2.24, 2.45) is 0 Å². The first-order chi connectivity index (χ1) is 15.0. The average Bonchev–Trinajstić information content (AvgIpc) is 2.72. The summed E-state index contributed by atoms with van der Waals surface area (Å²) in [6.45, 7) is 12.1. The molecule has 1 aromatic carbocycles. The molecule has 0 radical (unpaired) electrons. The molecular formula is C24H32O8. The maximum absolute atomic E-state index is 10.9. The second-order valence-corrected chi connectivity index (χ2v) is 6.34. The number of hydrogen-bond donors (Lipinski definition) is 1. The fourth-order valence-electron chi connectivity index (χ4n) is 1.60. The van der Waals surface area contributed by atoms with Crippen LogP contribution in [0.2, 0.25) is 0 Å². The molecule has 0 aromatic heterocycles. The molecular weight excluding hydrogens is 416 g/mol. The van der Waals surface area contributed by atoms with Crippen molar-refractivity contribution in [3.8, 4) is 0 Å². The van der Waals surface area contributed by atoms with Crippen molar-refractivity contribution in [1.82, 2.24) is 0 Å². The van der Waals surface area contributed by atoms with Crippen LogP contribution < -0.4 is 0 Å². The second-order valence-electron chi connectivity index (χ2n) is 6.34. The van der Waals surface area contributed by atoms with E-state index in [0.29, 0.717) is 6.61 Å². The van der Waals surface area contributed by atoms with Crippen LogP contribution in [0.15, 0.2) is 61.2 Å². The topological polar surface area (TPSA) is 116 Å². The van der Waals surface area contributed by atoms with Gasteiger partial charge in [-0.2, -0.15) is 0 Å². The molecule has 0 heterocycles. The predicted molar refractivity (Wildman–Crippen MR) is 122 cm³/mol. The lowest BCUT2D eigenvalue weighted by Crippen LogP contribution is -2.11. The summed E-state index contributed by atoms with van der Waals surface area (Å²) in [4.78, 5) is 42.0. The lowest BCUT2D eigenvalue weighted by Gasteiger charge is -2.05. The Bertz CT molecular complexity index is 737. The highest BCUT2D eigenvalue weighted by Crippen LogP contribution is 2.00. The van der Waals surface area contributed by atoms with E-state index in [1.807, 2.05) is 30.3 Å². The zero-order chi connectivity index (χ0) is 24.9. The number of carbonyl (C=O) groups excluding carboxylic acids is 3. The summed E-state index contributed by atoms with van der Waals surface area (Å²) in [5, 5.41) is 7.60. The van der Waals surface area contributed by atoms with Crippen LogP contribution in [0.5, 0.6) is 0 Å². The van der Waals surface area contributed by atoms with Gasteiger partial charge in [0.2, 0.25) is 0 Å².